The van der Waals surface area contributed by atoms with Gasteiger partial charge in [-0.05, 0) is 109 Å². The Morgan fingerprint density at radius 3 is 0.941 bits per heavy atom. The van der Waals surface area contributed by atoms with Crippen molar-refractivity contribution in [1.82, 2.24) is 0 Å². The number of esters is 3. The maximum atomic E-state index is 12.9. The van der Waals surface area contributed by atoms with Crippen molar-refractivity contribution in [3.8, 4) is 0 Å². The zero-order chi connectivity index (χ0) is 49.3. The topological polar surface area (TPSA) is 78.9 Å². The minimum atomic E-state index is -0.791. The highest BCUT2D eigenvalue weighted by Gasteiger charge is 2.19. The monoisotopic (exact) mass is 949 g/mol. The number of carbonyl (C=O) groups is 3. The highest BCUT2D eigenvalue weighted by Crippen LogP contribution is 2.15. The molecule has 68 heavy (non-hydrogen) atoms. The third-order valence-corrected chi connectivity index (χ3v) is 12.4. The Hall–Kier alpha value is -3.15. The third-order valence-electron chi connectivity index (χ3n) is 12.4. The van der Waals surface area contributed by atoms with Crippen LogP contribution >= 0.6 is 0 Å². The maximum Gasteiger partial charge on any atom is 0.306 e. The molecule has 1 unspecified atom stereocenters. The first-order chi connectivity index (χ1) is 33.5. The van der Waals surface area contributed by atoms with Gasteiger partial charge in [-0.2, -0.15) is 0 Å². The fourth-order valence-corrected chi connectivity index (χ4v) is 8.07. The molecule has 0 saturated heterocycles. The maximum absolute atomic E-state index is 12.9. The first-order valence-corrected chi connectivity index (χ1v) is 28.9. The quantitative estimate of drug-likeness (QED) is 0.0262. The minimum absolute atomic E-state index is 0.0877. The van der Waals surface area contributed by atoms with E-state index in [9.17, 15) is 14.4 Å². The Morgan fingerprint density at radius 2 is 0.574 bits per heavy atom. The van der Waals surface area contributed by atoms with E-state index < -0.39 is 6.10 Å². The van der Waals surface area contributed by atoms with Crippen LogP contribution in [0.1, 0.15) is 284 Å². The fraction of sp³-hybridized carbons (Fsp3) is 0.758. The average Bonchev–Trinajstić information content (AvgIpc) is 3.34. The molecule has 0 heterocycles. The molecular weight excluding hydrogens is 841 g/mol. The number of allylic oxidation sites excluding steroid dienone is 12. The summed E-state index contributed by atoms with van der Waals surface area (Å²) in [5.74, 6) is -0.915. The molecule has 0 aliphatic heterocycles. The van der Waals surface area contributed by atoms with Gasteiger partial charge < -0.3 is 14.2 Å². The van der Waals surface area contributed by atoms with E-state index in [1.54, 1.807) is 0 Å². The molecule has 0 aromatic carbocycles. The van der Waals surface area contributed by atoms with Crippen LogP contribution in [0.25, 0.3) is 0 Å². The molecule has 0 radical (unpaired) electrons. The zero-order valence-electron chi connectivity index (χ0n) is 44.9. The number of unbranched alkanes of at least 4 members (excludes halogenated alkanes) is 29. The van der Waals surface area contributed by atoms with E-state index in [0.29, 0.717) is 19.3 Å². The highest BCUT2D eigenvalue weighted by atomic mass is 16.6. The molecule has 6 nitrogen and oxygen atoms in total. The molecule has 0 rings (SSSR count). The summed E-state index contributed by atoms with van der Waals surface area (Å²) < 4.78 is 16.8. The van der Waals surface area contributed by atoms with Crippen molar-refractivity contribution in [2.45, 2.75) is 290 Å². The van der Waals surface area contributed by atoms with E-state index >= 15 is 0 Å². The number of hydrogen-bond donors (Lipinski definition) is 0. The lowest BCUT2D eigenvalue weighted by Crippen LogP contribution is -2.30. The van der Waals surface area contributed by atoms with Crippen LogP contribution in [0, 0.1) is 0 Å². The van der Waals surface area contributed by atoms with Crippen molar-refractivity contribution < 1.29 is 28.6 Å². The van der Waals surface area contributed by atoms with Crippen molar-refractivity contribution in [1.29, 1.82) is 0 Å². The molecule has 0 aromatic heterocycles. The molecule has 0 bridgehead atoms. The molecule has 0 aromatic rings. The molecule has 0 N–H and O–H groups in total. The number of rotatable bonds is 52. The molecule has 0 aliphatic rings. The van der Waals surface area contributed by atoms with Gasteiger partial charge in [0.1, 0.15) is 13.2 Å². The summed E-state index contributed by atoms with van der Waals surface area (Å²) in [6.07, 6.45) is 71.8. The second-order valence-electron chi connectivity index (χ2n) is 19.2. The molecule has 0 saturated carbocycles. The lowest BCUT2D eigenvalue weighted by Gasteiger charge is -2.18. The van der Waals surface area contributed by atoms with Crippen LogP contribution in [0.2, 0.25) is 0 Å². The first kappa shape index (κ1) is 64.8. The predicted molar refractivity (Wildman–Crippen MR) is 293 cm³/mol. The van der Waals surface area contributed by atoms with Gasteiger partial charge in [0.05, 0.1) is 0 Å². The van der Waals surface area contributed by atoms with E-state index in [0.717, 1.165) is 103 Å². The number of carbonyl (C=O) groups excluding carboxylic acids is 3. The largest absolute Gasteiger partial charge is 0.462 e. The van der Waals surface area contributed by atoms with Crippen LogP contribution < -0.4 is 0 Å². The van der Waals surface area contributed by atoms with Crippen LogP contribution in [0.15, 0.2) is 72.9 Å². The summed E-state index contributed by atoms with van der Waals surface area (Å²) in [5, 5.41) is 0. The van der Waals surface area contributed by atoms with Gasteiger partial charge in [0, 0.05) is 19.3 Å². The predicted octanol–water partition coefficient (Wildman–Crippen LogP) is 19.4. The molecule has 1 atom stereocenters. The van der Waals surface area contributed by atoms with Gasteiger partial charge in [0.2, 0.25) is 0 Å². The number of hydrogen-bond acceptors (Lipinski definition) is 6. The van der Waals surface area contributed by atoms with Crippen LogP contribution in [-0.4, -0.2) is 37.2 Å². The van der Waals surface area contributed by atoms with E-state index in [1.165, 1.54) is 141 Å². The van der Waals surface area contributed by atoms with Gasteiger partial charge >= 0.3 is 17.9 Å². The SMILES string of the molecule is CC/C=C\C/C=C\C/C=C\CCCCCCC(=O)OCC(COC(=O)CCCCCCCCC/C=C\CCCCCCCCCC)OC(=O)CCCCCCCCC/C=C\C/C=C\CCCCC. The lowest BCUT2D eigenvalue weighted by atomic mass is 10.1. The Labute approximate surface area is 421 Å². The van der Waals surface area contributed by atoms with Crippen molar-refractivity contribution in [2.24, 2.45) is 0 Å². The van der Waals surface area contributed by atoms with Gasteiger partial charge in [-0.3, -0.25) is 14.4 Å². The molecule has 0 fully saturated rings. The Kier molecular flexibility index (Phi) is 53.8. The highest BCUT2D eigenvalue weighted by molar-refractivity contribution is 5.71. The molecule has 0 spiro atoms. The van der Waals surface area contributed by atoms with Crippen LogP contribution in [0.4, 0.5) is 0 Å². The standard InChI is InChI=1S/C62H108O6/c1-4-7-10-13-16-19-22-25-28-30-31-33-34-37-40-43-46-49-52-55-61(64)67-58-59(57-66-60(63)54-51-48-45-42-39-36-27-24-21-18-15-12-9-6-3)68-62(65)56-53-50-47-44-41-38-35-32-29-26-23-20-17-14-11-8-5-2/h9,12,17-18,20-21,26-27,29-31,36,59H,4-8,10-11,13-16,19,22-25,28,32-35,37-58H2,1-3H3/b12-9-,20-17-,21-18-,29-26-,31-30-,36-27-. The molecule has 6 heteroatoms. The summed E-state index contributed by atoms with van der Waals surface area (Å²) >= 11 is 0. The summed E-state index contributed by atoms with van der Waals surface area (Å²) in [5.41, 5.74) is 0. The Morgan fingerprint density at radius 1 is 0.309 bits per heavy atom. The van der Waals surface area contributed by atoms with Gasteiger partial charge in [0.15, 0.2) is 6.10 Å². The van der Waals surface area contributed by atoms with Gasteiger partial charge in [-0.15, -0.1) is 0 Å². The summed E-state index contributed by atoms with van der Waals surface area (Å²) in [7, 11) is 0. The van der Waals surface area contributed by atoms with Gasteiger partial charge in [-0.1, -0.05) is 229 Å². The molecule has 0 aliphatic carbocycles. The van der Waals surface area contributed by atoms with Crippen LogP contribution in [0.3, 0.4) is 0 Å². The van der Waals surface area contributed by atoms with Crippen LogP contribution in [0.5, 0.6) is 0 Å². The zero-order valence-corrected chi connectivity index (χ0v) is 44.9. The minimum Gasteiger partial charge on any atom is -0.462 e. The first-order valence-electron chi connectivity index (χ1n) is 28.9. The molecular formula is C62H108O6. The van der Waals surface area contributed by atoms with Gasteiger partial charge in [-0.25, -0.2) is 0 Å². The van der Waals surface area contributed by atoms with E-state index in [-0.39, 0.29) is 31.1 Å². The third kappa shape index (κ3) is 53.8. The molecule has 392 valence electrons. The second-order valence-corrected chi connectivity index (χ2v) is 19.2. The summed E-state index contributed by atoms with van der Waals surface area (Å²) in [6.45, 7) is 6.49. The number of ether oxygens (including phenoxy) is 3. The second kappa shape index (κ2) is 56.4. The van der Waals surface area contributed by atoms with E-state index in [4.69, 9.17) is 14.2 Å². The normalized spacial score (nSPS) is 12.6. The van der Waals surface area contributed by atoms with Crippen molar-refractivity contribution >= 4 is 17.9 Å². The smallest absolute Gasteiger partial charge is 0.306 e. The van der Waals surface area contributed by atoms with Gasteiger partial charge in [0.25, 0.3) is 0 Å². The average molecular weight is 950 g/mol. The Bertz CT molecular complexity index is 1270. The fourth-order valence-electron chi connectivity index (χ4n) is 8.07. The van der Waals surface area contributed by atoms with Crippen molar-refractivity contribution in [2.75, 3.05) is 13.2 Å². The molecule has 0 amide bonds. The van der Waals surface area contributed by atoms with Crippen LogP contribution in [-0.2, 0) is 28.6 Å². The summed E-state index contributed by atoms with van der Waals surface area (Å²) in [6, 6.07) is 0. The van der Waals surface area contributed by atoms with E-state index in [1.807, 2.05) is 0 Å². The lowest BCUT2D eigenvalue weighted by molar-refractivity contribution is -0.167. The van der Waals surface area contributed by atoms with Crippen molar-refractivity contribution in [3.63, 3.8) is 0 Å². The van der Waals surface area contributed by atoms with Crippen molar-refractivity contribution in [3.05, 3.63) is 72.9 Å². The summed E-state index contributed by atoms with van der Waals surface area (Å²) in [4.78, 5) is 38.2. The van der Waals surface area contributed by atoms with E-state index in [2.05, 4.69) is 93.7 Å². The Balaban J connectivity index is 4.40.